The Bertz CT molecular complexity index is 598. The lowest BCUT2D eigenvalue weighted by atomic mass is 10.2. The first kappa shape index (κ1) is 17.6. The molecule has 1 heterocycles. The monoisotopic (exact) mass is 341 g/mol. The smallest absolute Gasteiger partial charge is 0.336 e. The van der Waals surface area contributed by atoms with Gasteiger partial charge in [0.1, 0.15) is 5.75 Å². The van der Waals surface area contributed by atoms with Crippen molar-refractivity contribution in [2.45, 2.75) is 38.9 Å². The van der Waals surface area contributed by atoms with E-state index in [4.69, 9.17) is 25.8 Å². The molecule has 0 unspecified atom stereocenters. The van der Waals surface area contributed by atoms with Gasteiger partial charge < -0.3 is 19.5 Å². The number of carbonyl (C=O) groups excluding carboxylic acids is 2. The normalized spacial score (nSPS) is 18.3. The van der Waals surface area contributed by atoms with E-state index in [9.17, 15) is 9.59 Å². The van der Waals surface area contributed by atoms with Crippen LogP contribution in [0.3, 0.4) is 0 Å². The molecule has 0 saturated carbocycles. The molecule has 1 fully saturated rings. The molecular formula is C16H20ClNO5. The van der Waals surface area contributed by atoms with E-state index in [0.29, 0.717) is 29.5 Å². The number of ether oxygens (including phenoxy) is 3. The maximum Gasteiger partial charge on any atom is 0.336 e. The summed E-state index contributed by atoms with van der Waals surface area (Å²) in [5.41, 5.74) is 1.27. The molecule has 6 nitrogen and oxygen atoms in total. The molecule has 2 atom stereocenters. The minimum atomic E-state index is -0.938. The fourth-order valence-corrected chi connectivity index (χ4v) is 2.39. The molecule has 0 aromatic heterocycles. The van der Waals surface area contributed by atoms with Crippen LogP contribution < -0.4 is 10.1 Å². The van der Waals surface area contributed by atoms with Crippen molar-refractivity contribution in [3.63, 3.8) is 0 Å². The fraction of sp³-hybridized carbons (Fsp3) is 0.500. The Kier molecular flexibility index (Phi) is 5.85. The summed E-state index contributed by atoms with van der Waals surface area (Å²) in [4.78, 5) is 24.1. The Labute approximate surface area is 140 Å². The van der Waals surface area contributed by atoms with Gasteiger partial charge in [0.25, 0.3) is 5.91 Å². The molecule has 7 heteroatoms. The third-order valence-electron chi connectivity index (χ3n) is 3.59. The first-order valence-electron chi connectivity index (χ1n) is 7.39. The van der Waals surface area contributed by atoms with Gasteiger partial charge in [-0.1, -0.05) is 11.6 Å². The molecule has 1 aromatic carbocycles. The van der Waals surface area contributed by atoms with Crippen LogP contribution in [0.1, 0.15) is 25.3 Å². The third kappa shape index (κ3) is 4.36. The predicted molar refractivity (Wildman–Crippen MR) is 85.9 cm³/mol. The largest absolute Gasteiger partial charge is 0.495 e. The first-order valence-corrected chi connectivity index (χ1v) is 7.77. The number of aryl methyl sites for hydroxylation is 1. The summed E-state index contributed by atoms with van der Waals surface area (Å²) in [5.74, 6) is -0.521. The Hall–Kier alpha value is -1.79. The Morgan fingerprint density at radius 2 is 2.17 bits per heavy atom. The quantitative estimate of drug-likeness (QED) is 0.833. The van der Waals surface area contributed by atoms with E-state index in [1.807, 2.05) is 6.92 Å². The van der Waals surface area contributed by atoms with Gasteiger partial charge in [0.2, 0.25) is 0 Å². The second kappa shape index (κ2) is 7.66. The number of nitrogens with one attached hydrogen (secondary N) is 1. The number of amides is 1. The minimum absolute atomic E-state index is 0.437. The third-order valence-corrected chi connectivity index (χ3v) is 4.00. The van der Waals surface area contributed by atoms with E-state index in [0.717, 1.165) is 12.0 Å². The number of benzene rings is 1. The van der Waals surface area contributed by atoms with Crippen LogP contribution in [-0.2, 0) is 19.1 Å². The zero-order valence-electron chi connectivity index (χ0n) is 13.3. The zero-order valence-corrected chi connectivity index (χ0v) is 14.1. The van der Waals surface area contributed by atoms with Crippen molar-refractivity contribution < 1.29 is 23.8 Å². The SMILES string of the molecule is COc1cc(Cl)c(C)cc1NC(=O)[C@@H](C)OC(=O)[C@H]1CCCO1. The predicted octanol–water partition coefficient (Wildman–Crippen LogP) is 2.71. The van der Waals surface area contributed by atoms with Crippen LogP contribution in [0.5, 0.6) is 5.75 Å². The molecule has 1 aliphatic heterocycles. The summed E-state index contributed by atoms with van der Waals surface area (Å²) < 4.78 is 15.6. The van der Waals surface area contributed by atoms with Gasteiger partial charge >= 0.3 is 5.97 Å². The topological polar surface area (TPSA) is 73.9 Å². The van der Waals surface area contributed by atoms with Crippen molar-refractivity contribution >= 4 is 29.2 Å². The maximum absolute atomic E-state index is 12.2. The molecule has 1 aliphatic rings. The Morgan fingerprint density at radius 3 is 2.78 bits per heavy atom. The van der Waals surface area contributed by atoms with Crippen LogP contribution in [0.4, 0.5) is 5.69 Å². The lowest BCUT2D eigenvalue weighted by molar-refractivity contribution is -0.162. The van der Waals surface area contributed by atoms with Crippen molar-refractivity contribution in [3.05, 3.63) is 22.7 Å². The number of anilines is 1. The zero-order chi connectivity index (χ0) is 17.0. The maximum atomic E-state index is 12.2. The van der Waals surface area contributed by atoms with Crippen molar-refractivity contribution in [2.24, 2.45) is 0 Å². The molecule has 1 amide bonds. The molecule has 23 heavy (non-hydrogen) atoms. The van der Waals surface area contributed by atoms with E-state index < -0.39 is 24.1 Å². The molecule has 0 bridgehead atoms. The molecule has 1 aromatic rings. The van der Waals surface area contributed by atoms with Crippen LogP contribution in [0, 0.1) is 6.92 Å². The van der Waals surface area contributed by atoms with Crippen molar-refractivity contribution in [3.8, 4) is 5.75 Å². The number of rotatable bonds is 5. The number of methoxy groups -OCH3 is 1. The van der Waals surface area contributed by atoms with Crippen LogP contribution in [0.2, 0.25) is 5.02 Å². The van der Waals surface area contributed by atoms with E-state index in [2.05, 4.69) is 5.32 Å². The molecule has 2 rings (SSSR count). The number of esters is 1. The van der Waals surface area contributed by atoms with E-state index >= 15 is 0 Å². The lowest BCUT2D eigenvalue weighted by Crippen LogP contribution is -2.34. The average Bonchev–Trinajstić information content (AvgIpc) is 3.04. The highest BCUT2D eigenvalue weighted by Gasteiger charge is 2.28. The summed E-state index contributed by atoms with van der Waals surface area (Å²) in [6.07, 6.45) is -0.0659. The Balaban J connectivity index is 2.00. The number of hydrogen-bond donors (Lipinski definition) is 1. The van der Waals surface area contributed by atoms with Crippen molar-refractivity contribution in [2.75, 3.05) is 19.0 Å². The molecule has 0 spiro atoms. The summed E-state index contributed by atoms with van der Waals surface area (Å²) >= 11 is 6.03. The molecule has 0 aliphatic carbocycles. The molecule has 126 valence electrons. The number of halogens is 1. The van der Waals surface area contributed by atoms with E-state index in [1.54, 1.807) is 12.1 Å². The first-order chi connectivity index (χ1) is 10.9. The van der Waals surface area contributed by atoms with E-state index in [1.165, 1.54) is 14.0 Å². The van der Waals surface area contributed by atoms with Crippen LogP contribution in [-0.4, -0.2) is 37.8 Å². The summed E-state index contributed by atoms with van der Waals surface area (Å²) in [7, 11) is 1.48. The highest BCUT2D eigenvalue weighted by molar-refractivity contribution is 6.31. The highest BCUT2D eigenvalue weighted by Crippen LogP contribution is 2.31. The van der Waals surface area contributed by atoms with Gasteiger partial charge in [-0.05, 0) is 38.3 Å². The molecular weight excluding hydrogens is 322 g/mol. The molecule has 1 N–H and O–H groups in total. The Morgan fingerprint density at radius 1 is 1.43 bits per heavy atom. The molecule has 1 saturated heterocycles. The molecule has 0 radical (unpaired) electrons. The van der Waals surface area contributed by atoms with E-state index in [-0.39, 0.29) is 0 Å². The van der Waals surface area contributed by atoms with Crippen LogP contribution in [0.25, 0.3) is 0 Å². The van der Waals surface area contributed by atoms with Crippen molar-refractivity contribution in [1.82, 2.24) is 0 Å². The summed E-state index contributed by atoms with van der Waals surface area (Å²) in [6, 6.07) is 3.32. The van der Waals surface area contributed by atoms with Crippen LogP contribution in [0.15, 0.2) is 12.1 Å². The standard InChI is InChI=1S/C16H20ClNO5/c1-9-7-12(14(21-3)8-11(9)17)18-15(19)10(2)23-16(20)13-5-4-6-22-13/h7-8,10,13H,4-6H2,1-3H3,(H,18,19)/t10-,13-/m1/s1. The lowest BCUT2D eigenvalue weighted by Gasteiger charge is -2.17. The second-order valence-corrected chi connectivity index (χ2v) is 5.78. The van der Waals surface area contributed by atoms with Crippen LogP contribution >= 0.6 is 11.6 Å². The fourth-order valence-electron chi connectivity index (χ4n) is 2.23. The number of hydrogen-bond acceptors (Lipinski definition) is 5. The van der Waals surface area contributed by atoms with Crippen molar-refractivity contribution in [1.29, 1.82) is 0 Å². The van der Waals surface area contributed by atoms with Gasteiger partial charge in [0, 0.05) is 17.7 Å². The highest BCUT2D eigenvalue weighted by atomic mass is 35.5. The number of carbonyl (C=O) groups is 2. The van der Waals surface area contributed by atoms with Gasteiger partial charge in [0.15, 0.2) is 12.2 Å². The van der Waals surface area contributed by atoms with Gasteiger partial charge in [-0.3, -0.25) is 4.79 Å². The summed E-state index contributed by atoms with van der Waals surface area (Å²) in [6.45, 7) is 3.87. The van der Waals surface area contributed by atoms with Gasteiger partial charge in [-0.25, -0.2) is 4.79 Å². The minimum Gasteiger partial charge on any atom is -0.495 e. The summed E-state index contributed by atoms with van der Waals surface area (Å²) in [5, 5.41) is 3.22. The average molecular weight is 342 g/mol. The van der Waals surface area contributed by atoms with Gasteiger partial charge in [-0.15, -0.1) is 0 Å². The van der Waals surface area contributed by atoms with Gasteiger partial charge in [0.05, 0.1) is 12.8 Å². The second-order valence-electron chi connectivity index (χ2n) is 5.37. The van der Waals surface area contributed by atoms with Gasteiger partial charge in [-0.2, -0.15) is 0 Å².